The van der Waals surface area contributed by atoms with Crippen molar-refractivity contribution in [1.82, 2.24) is 10.2 Å². The van der Waals surface area contributed by atoms with Crippen LogP contribution in [0.15, 0.2) is 0 Å². The Kier molecular flexibility index (Phi) is 11.2. The molecular weight excluding hydrogens is 522 g/mol. The second-order valence-corrected chi connectivity index (χ2v) is 16.6. The van der Waals surface area contributed by atoms with E-state index in [4.69, 9.17) is 5.73 Å². The minimum Gasteiger partial charge on any atom is -0.393 e. The van der Waals surface area contributed by atoms with Crippen molar-refractivity contribution in [1.29, 1.82) is 0 Å². The van der Waals surface area contributed by atoms with E-state index in [1.807, 2.05) is 0 Å². The summed E-state index contributed by atoms with van der Waals surface area (Å²) in [6.45, 7) is 17.8. The minimum atomic E-state index is -0.327. The molecule has 6 heteroatoms. The van der Waals surface area contributed by atoms with E-state index in [1.165, 1.54) is 6.42 Å². The maximum absolute atomic E-state index is 13.9. The third-order valence-corrected chi connectivity index (χ3v) is 13.9. The number of nitrogens with one attached hydrogen (secondary N) is 1. The van der Waals surface area contributed by atoms with E-state index >= 15 is 0 Å². The van der Waals surface area contributed by atoms with Crippen molar-refractivity contribution in [2.45, 2.75) is 131 Å². The van der Waals surface area contributed by atoms with E-state index in [-0.39, 0.29) is 46.2 Å². The largest absolute Gasteiger partial charge is 0.393 e. The van der Waals surface area contributed by atoms with Crippen LogP contribution in [0.3, 0.4) is 0 Å². The van der Waals surface area contributed by atoms with Crippen LogP contribution in [0.5, 0.6) is 0 Å². The SMILES string of the molecule is CC(C)CCCC(C(=O)NCCCN(C)CCCN)[C@@H]1CC[C@@]2(C)C1C[C@@H](O)C1[C@@]3(C)CC[C@@H](O)[C@@H](C)C3CC[C@@]12C. The van der Waals surface area contributed by atoms with Gasteiger partial charge in [0.05, 0.1) is 12.2 Å². The highest BCUT2D eigenvalue weighted by Crippen LogP contribution is 2.74. The molecule has 4 aliphatic carbocycles. The standard InChI is InChI=1S/C36H67N3O3/c1-24(2)11-8-12-27(33(42)38-20-10-22-39(7)21-9-19-37)26-13-17-35(5)29(26)23-31(41)32-34(4)16-15-30(40)25(3)28(34)14-18-36(32,35)6/h24-32,40-41H,8-23,37H2,1-7H3,(H,38,42)/t25-,26-,27?,28?,29?,30+,31+,32?,34-,35-,36-/m0/s1. The molecule has 0 saturated heterocycles. The van der Waals surface area contributed by atoms with E-state index in [2.05, 4.69) is 58.8 Å². The first-order valence-corrected chi connectivity index (χ1v) is 17.8. The Labute approximate surface area is 258 Å². The second-order valence-electron chi connectivity index (χ2n) is 16.6. The highest BCUT2D eigenvalue weighted by atomic mass is 16.3. The molecule has 0 aliphatic heterocycles. The molecule has 6 nitrogen and oxygen atoms in total. The lowest BCUT2D eigenvalue weighted by atomic mass is 9.36. The normalized spacial score (nSPS) is 42.2. The van der Waals surface area contributed by atoms with Gasteiger partial charge in [0.15, 0.2) is 0 Å². The topological polar surface area (TPSA) is 98.8 Å². The van der Waals surface area contributed by atoms with Gasteiger partial charge >= 0.3 is 0 Å². The Hall–Kier alpha value is -0.690. The van der Waals surface area contributed by atoms with Gasteiger partial charge in [-0.25, -0.2) is 0 Å². The number of carbonyl (C=O) groups is 1. The van der Waals surface area contributed by atoms with Gasteiger partial charge in [0, 0.05) is 12.5 Å². The molecule has 4 fully saturated rings. The van der Waals surface area contributed by atoms with Gasteiger partial charge in [0.2, 0.25) is 5.91 Å². The summed E-state index contributed by atoms with van der Waals surface area (Å²) in [4.78, 5) is 16.2. The predicted molar refractivity (Wildman–Crippen MR) is 173 cm³/mol. The Morgan fingerprint density at radius 2 is 1.62 bits per heavy atom. The number of nitrogens with two attached hydrogens (primary N) is 1. The summed E-state index contributed by atoms with van der Waals surface area (Å²) in [7, 11) is 2.14. The van der Waals surface area contributed by atoms with Gasteiger partial charge < -0.3 is 26.2 Å². The van der Waals surface area contributed by atoms with E-state index in [1.54, 1.807) is 0 Å². The van der Waals surface area contributed by atoms with Crippen LogP contribution in [0.4, 0.5) is 0 Å². The summed E-state index contributed by atoms with van der Waals surface area (Å²) < 4.78 is 0. The number of fused-ring (bicyclic) bond motifs is 5. The van der Waals surface area contributed by atoms with Crippen molar-refractivity contribution in [2.75, 3.05) is 33.2 Å². The molecule has 4 aliphatic rings. The van der Waals surface area contributed by atoms with Crippen LogP contribution in [-0.2, 0) is 4.79 Å². The zero-order valence-electron chi connectivity index (χ0n) is 28.3. The van der Waals surface area contributed by atoms with Crippen molar-refractivity contribution in [3.8, 4) is 0 Å². The van der Waals surface area contributed by atoms with E-state index in [0.717, 1.165) is 96.8 Å². The maximum atomic E-state index is 13.9. The number of rotatable bonds is 13. The molecule has 5 N–H and O–H groups in total. The average molecular weight is 590 g/mol. The average Bonchev–Trinajstić information content (AvgIpc) is 3.27. The number of amides is 1. The van der Waals surface area contributed by atoms with Crippen LogP contribution in [0.25, 0.3) is 0 Å². The first-order chi connectivity index (χ1) is 19.8. The fourth-order valence-corrected chi connectivity index (χ4v) is 11.4. The molecule has 0 bridgehead atoms. The van der Waals surface area contributed by atoms with Gasteiger partial charge in [-0.15, -0.1) is 0 Å². The Morgan fingerprint density at radius 1 is 0.929 bits per heavy atom. The van der Waals surface area contributed by atoms with Gasteiger partial charge in [0.1, 0.15) is 0 Å². The van der Waals surface area contributed by atoms with Gasteiger partial charge in [0.25, 0.3) is 0 Å². The van der Waals surface area contributed by atoms with Crippen molar-refractivity contribution in [3.63, 3.8) is 0 Å². The van der Waals surface area contributed by atoms with Crippen molar-refractivity contribution in [3.05, 3.63) is 0 Å². The Balaban J connectivity index is 1.51. The van der Waals surface area contributed by atoms with E-state index in [0.29, 0.717) is 29.6 Å². The number of nitrogens with zero attached hydrogens (tertiary/aromatic N) is 1. The van der Waals surface area contributed by atoms with Crippen molar-refractivity contribution < 1.29 is 15.0 Å². The molecule has 0 aromatic heterocycles. The summed E-state index contributed by atoms with van der Waals surface area (Å²) in [5, 5.41) is 26.2. The molecule has 0 spiro atoms. The molecule has 4 saturated carbocycles. The first kappa shape index (κ1) is 34.2. The lowest BCUT2D eigenvalue weighted by molar-refractivity contribution is -0.239. The molecule has 0 radical (unpaired) electrons. The molecule has 244 valence electrons. The molecular formula is C36H67N3O3. The molecule has 0 aromatic carbocycles. The zero-order valence-corrected chi connectivity index (χ0v) is 28.3. The molecule has 4 unspecified atom stereocenters. The third-order valence-electron chi connectivity index (χ3n) is 13.9. The van der Waals surface area contributed by atoms with Gasteiger partial charge in [-0.2, -0.15) is 0 Å². The van der Waals surface area contributed by atoms with Crippen LogP contribution in [0, 0.1) is 57.7 Å². The van der Waals surface area contributed by atoms with E-state index < -0.39 is 0 Å². The van der Waals surface area contributed by atoms with Crippen LogP contribution in [0.2, 0.25) is 0 Å². The summed E-state index contributed by atoms with van der Waals surface area (Å²) in [6.07, 6.45) is 11.9. The summed E-state index contributed by atoms with van der Waals surface area (Å²) in [6, 6.07) is 0. The van der Waals surface area contributed by atoms with Crippen molar-refractivity contribution >= 4 is 5.91 Å². The number of hydrogen-bond donors (Lipinski definition) is 4. The number of aliphatic hydroxyl groups is 2. The summed E-state index contributed by atoms with van der Waals surface area (Å²) in [5.41, 5.74) is 5.94. The molecule has 11 atom stereocenters. The van der Waals surface area contributed by atoms with Crippen LogP contribution in [-0.4, -0.2) is 66.5 Å². The summed E-state index contributed by atoms with van der Waals surface area (Å²) >= 11 is 0. The van der Waals surface area contributed by atoms with Crippen LogP contribution in [0.1, 0.15) is 119 Å². The van der Waals surface area contributed by atoms with Gasteiger partial charge in [-0.05, 0) is 143 Å². The fraction of sp³-hybridized carbons (Fsp3) is 0.972. The quantitative estimate of drug-likeness (QED) is 0.202. The number of hydrogen-bond acceptors (Lipinski definition) is 5. The minimum absolute atomic E-state index is 0.0367. The highest BCUT2D eigenvalue weighted by Gasteiger charge is 2.70. The fourth-order valence-electron chi connectivity index (χ4n) is 11.4. The smallest absolute Gasteiger partial charge is 0.223 e. The monoisotopic (exact) mass is 590 g/mol. The zero-order chi connectivity index (χ0) is 30.9. The number of carbonyl (C=O) groups excluding carboxylic acids is 1. The first-order valence-electron chi connectivity index (χ1n) is 17.8. The Bertz CT molecular complexity index is 898. The molecule has 42 heavy (non-hydrogen) atoms. The van der Waals surface area contributed by atoms with Gasteiger partial charge in [-0.1, -0.05) is 54.4 Å². The lowest BCUT2D eigenvalue weighted by Gasteiger charge is -2.69. The van der Waals surface area contributed by atoms with Crippen LogP contribution < -0.4 is 11.1 Å². The lowest BCUT2D eigenvalue weighted by Crippen LogP contribution is -2.66. The highest BCUT2D eigenvalue weighted by molar-refractivity contribution is 5.79. The third kappa shape index (κ3) is 6.35. The van der Waals surface area contributed by atoms with Crippen molar-refractivity contribution in [2.24, 2.45) is 63.4 Å². The molecule has 1 amide bonds. The second kappa shape index (κ2) is 13.7. The van der Waals surface area contributed by atoms with Gasteiger partial charge in [-0.3, -0.25) is 4.79 Å². The molecule has 0 heterocycles. The van der Waals surface area contributed by atoms with E-state index in [9.17, 15) is 15.0 Å². The molecule has 0 aromatic rings. The predicted octanol–water partition coefficient (Wildman–Crippen LogP) is 5.84. The van der Waals surface area contributed by atoms with Crippen LogP contribution >= 0.6 is 0 Å². The number of aliphatic hydroxyl groups excluding tert-OH is 2. The summed E-state index contributed by atoms with van der Waals surface area (Å²) in [5.74, 6) is 2.72. The molecule has 4 rings (SSSR count). The Morgan fingerprint density at radius 3 is 2.31 bits per heavy atom. The maximum Gasteiger partial charge on any atom is 0.223 e.